The van der Waals surface area contributed by atoms with Crippen LogP contribution in [0.25, 0.3) is 0 Å². The first-order chi connectivity index (χ1) is 13.0. The smallest absolute Gasteiger partial charge is 0.157 e. The molecule has 5 rings (SSSR count). The highest BCUT2D eigenvalue weighted by molar-refractivity contribution is 5.09. The number of ether oxygens (including phenoxy) is 2. The van der Waals surface area contributed by atoms with Crippen LogP contribution in [0.15, 0.2) is 0 Å². The van der Waals surface area contributed by atoms with E-state index in [9.17, 15) is 5.11 Å². The van der Waals surface area contributed by atoms with Gasteiger partial charge in [0.1, 0.15) is 0 Å². The van der Waals surface area contributed by atoms with E-state index >= 15 is 0 Å². The van der Waals surface area contributed by atoms with Crippen LogP contribution in [0.1, 0.15) is 90.9 Å². The summed E-state index contributed by atoms with van der Waals surface area (Å²) in [5, 5.41) is 10.6. The molecule has 3 heteroatoms. The van der Waals surface area contributed by atoms with Gasteiger partial charge >= 0.3 is 0 Å². The van der Waals surface area contributed by atoms with Gasteiger partial charge in [-0.2, -0.15) is 0 Å². The average Bonchev–Trinajstić information content (AvgIpc) is 2.98. The van der Waals surface area contributed by atoms with Crippen LogP contribution in [0.2, 0.25) is 0 Å². The zero-order chi connectivity index (χ0) is 18.6. The standard InChI is InChI=1S/C24H40O3/c1-23-12-10-17(27-22-5-3-4-14-26-22)15-16(23)6-7-18-19-8-9-21(25)24(19,2)13-11-20(18)23/h16-22,25H,3-15H2,1-2H3/t16-,17-,18+,19+,20+,21+,22-,23-,24-/m0/s1. The van der Waals surface area contributed by atoms with Gasteiger partial charge in [-0.25, -0.2) is 0 Å². The molecule has 0 bridgehead atoms. The summed E-state index contributed by atoms with van der Waals surface area (Å²) in [6, 6.07) is 0. The van der Waals surface area contributed by atoms with Gasteiger partial charge in [0.25, 0.3) is 0 Å². The molecule has 5 aliphatic rings. The van der Waals surface area contributed by atoms with Crippen molar-refractivity contribution in [2.75, 3.05) is 6.61 Å². The fourth-order valence-electron chi connectivity index (χ4n) is 8.35. The Labute approximate surface area is 165 Å². The molecule has 0 aromatic carbocycles. The maximum Gasteiger partial charge on any atom is 0.157 e. The first kappa shape index (κ1) is 18.9. The van der Waals surface area contributed by atoms with Crippen molar-refractivity contribution in [2.45, 2.75) is 109 Å². The molecule has 0 spiro atoms. The highest BCUT2D eigenvalue weighted by Gasteiger charge is 2.60. The molecule has 27 heavy (non-hydrogen) atoms. The number of aliphatic hydroxyl groups excluding tert-OH is 1. The van der Waals surface area contributed by atoms with Gasteiger partial charge in [0.2, 0.25) is 0 Å². The molecule has 154 valence electrons. The maximum atomic E-state index is 10.6. The van der Waals surface area contributed by atoms with Crippen molar-refractivity contribution in [1.29, 1.82) is 0 Å². The first-order valence-corrected chi connectivity index (χ1v) is 12.0. The minimum atomic E-state index is -0.0476. The molecule has 4 aliphatic carbocycles. The monoisotopic (exact) mass is 376 g/mol. The number of aliphatic hydroxyl groups is 1. The lowest BCUT2D eigenvalue weighted by Gasteiger charge is -2.61. The van der Waals surface area contributed by atoms with E-state index in [1.807, 2.05) is 0 Å². The molecular formula is C24H40O3. The predicted octanol–water partition coefficient (Wildman–Crippen LogP) is 5.30. The molecule has 1 saturated heterocycles. The van der Waals surface area contributed by atoms with Gasteiger partial charge < -0.3 is 14.6 Å². The van der Waals surface area contributed by atoms with Crippen LogP contribution in [0.5, 0.6) is 0 Å². The Morgan fingerprint density at radius 1 is 0.852 bits per heavy atom. The van der Waals surface area contributed by atoms with Crippen LogP contribution in [0, 0.1) is 34.5 Å². The summed E-state index contributed by atoms with van der Waals surface area (Å²) in [5.41, 5.74) is 0.716. The van der Waals surface area contributed by atoms with E-state index in [4.69, 9.17) is 9.47 Å². The summed E-state index contributed by atoms with van der Waals surface area (Å²) in [6.45, 7) is 5.90. The quantitative estimate of drug-likeness (QED) is 0.665. The van der Waals surface area contributed by atoms with Crippen LogP contribution in [-0.2, 0) is 9.47 Å². The average molecular weight is 377 g/mol. The van der Waals surface area contributed by atoms with E-state index in [-0.39, 0.29) is 17.8 Å². The lowest BCUT2D eigenvalue weighted by atomic mass is 9.45. The van der Waals surface area contributed by atoms with Crippen LogP contribution >= 0.6 is 0 Å². The van der Waals surface area contributed by atoms with Gasteiger partial charge in [0.05, 0.1) is 12.2 Å². The molecule has 1 N–H and O–H groups in total. The van der Waals surface area contributed by atoms with Crippen molar-refractivity contribution in [3.05, 3.63) is 0 Å². The minimum absolute atomic E-state index is 0.0476. The zero-order valence-corrected chi connectivity index (χ0v) is 17.5. The molecule has 0 radical (unpaired) electrons. The van der Waals surface area contributed by atoms with E-state index in [0.29, 0.717) is 11.5 Å². The highest BCUT2D eigenvalue weighted by Crippen LogP contribution is 2.66. The largest absolute Gasteiger partial charge is 0.393 e. The van der Waals surface area contributed by atoms with Gasteiger partial charge in [0.15, 0.2) is 6.29 Å². The van der Waals surface area contributed by atoms with Crippen molar-refractivity contribution in [1.82, 2.24) is 0 Å². The molecule has 0 aromatic rings. The Morgan fingerprint density at radius 2 is 1.67 bits per heavy atom. The maximum absolute atomic E-state index is 10.6. The van der Waals surface area contributed by atoms with E-state index in [0.717, 1.165) is 43.1 Å². The van der Waals surface area contributed by atoms with Gasteiger partial charge in [-0.1, -0.05) is 13.8 Å². The normalized spacial score (nSPS) is 55.4. The summed E-state index contributed by atoms with van der Waals surface area (Å²) >= 11 is 0. The summed E-state index contributed by atoms with van der Waals surface area (Å²) in [6.07, 6.45) is 15.5. The highest BCUT2D eigenvalue weighted by atomic mass is 16.7. The second kappa shape index (κ2) is 6.99. The van der Waals surface area contributed by atoms with Gasteiger partial charge in [-0.3, -0.25) is 0 Å². The molecule has 3 nitrogen and oxygen atoms in total. The van der Waals surface area contributed by atoms with Crippen molar-refractivity contribution in [3.63, 3.8) is 0 Å². The molecule has 1 aliphatic heterocycles. The summed E-state index contributed by atoms with van der Waals surface area (Å²) in [7, 11) is 0. The Balaban J connectivity index is 1.27. The van der Waals surface area contributed by atoms with Gasteiger partial charge in [-0.15, -0.1) is 0 Å². The minimum Gasteiger partial charge on any atom is -0.393 e. The summed E-state index contributed by atoms with van der Waals surface area (Å²) in [5.74, 6) is 3.35. The second-order valence-corrected chi connectivity index (χ2v) is 11.1. The Kier molecular flexibility index (Phi) is 4.89. The van der Waals surface area contributed by atoms with E-state index < -0.39 is 0 Å². The third-order valence-corrected chi connectivity index (χ3v) is 10.0. The topological polar surface area (TPSA) is 38.7 Å². The second-order valence-electron chi connectivity index (χ2n) is 11.1. The van der Waals surface area contributed by atoms with Crippen molar-refractivity contribution in [2.24, 2.45) is 34.5 Å². The van der Waals surface area contributed by atoms with E-state index in [2.05, 4.69) is 13.8 Å². The van der Waals surface area contributed by atoms with Crippen LogP contribution in [-0.4, -0.2) is 30.2 Å². The molecule has 5 fully saturated rings. The summed E-state index contributed by atoms with van der Waals surface area (Å²) < 4.78 is 12.3. The number of hydrogen-bond donors (Lipinski definition) is 1. The number of rotatable bonds is 2. The van der Waals surface area contributed by atoms with Crippen molar-refractivity contribution >= 4 is 0 Å². The third kappa shape index (κ3) is 3.02. The fourth-order valence-corrected chi connectivity index (χ4v) is 8.35. The summed E-state index contributed by atoms with van der Waals surface area (Å²) in [4.78, 5) is 0. The van der Waals surface area contributed by atoms with Crippen LogP contribution in [0.4, 0.5) is 0 Å². The zero-order valence-electron chi connectivity index (χ0n) is 17.5. The van der Waals surface area contributed by atoms with E-state index in [1.165, 1.54) is 64.2 Å². The Morgan fingerprint density at radius 3 is 2.48 bits per heavy atom. The molecule has 0 aromatic heterocycles. The Hall–Kier alpha value is -0.120. The van der Waals surface area contributed by atoms with Crippen LogP contribution < -0.4 is 0 Å². The van der Waals surface area contributed by atoms with Gasteiger partial charge in [0, 0.05) is 6.61 Å². The Bertz CT molecular complexity index is 544. The number of hydrogen-bond acceptors (Lipinski definition) is 3. The molecule has 1 heterocycles. The predicted molar refractivity (Wildman–Crippen MR) is 106 cm³/mol. The third-order valence-electron chi connectivity index (χ3n) is 10.0. The number of fused-ring (bicyclic) bond motifs is 5. The molecule has 0 unspecified atom stereocenters. The lowest BCUT2D eigenvalue weighted by molar-refractivity contribution is -0.212. The molecule has 0 amide bonds. The first-order valence-electron chi connectivity index (χ1n) is 12.0. The molecule has 4 saturated carbocycles. The van der Waals surface area contributed by atoms with Crippen LogP contribution in [0.3, 0.4) is 0 Å². The fraction of sp³-hybridized carbons (Fsp3) is 1.00. The molecule has 9 atom stereocenters. The van der Waals surface area contributed by atoms with Gasteiger partial charge in [-0.05, 0) is 112 Å². The van der Waals surface area contributed by atoms with E-state index in [1.54, 1.807) is 0 Å². The lowest BCUT2D eigenvalue weighted by Crippen LogP contribution is -2.54. The van der Waals surface area contributed by atoms with Crippen molar-refractivity contribution < 1.29 is 14.6 Å². The molecular weight excluding hydrogens is 336 g/mol. The SMILES string of the molecule is C[C@]12CC[C@H](O[C@H]3CCCCO3)C[C@@H]1CC[C@H]1[C@H]2CC[C@]2(C)[C@H](O)CC[C@H]12. The van der Waals surface area contributed by atoms with Crippen molar-refractivity contribution in [3.8, 4) is 0 Å².